The van der Waals surface area contributed by atoms with Crippen molar-refractivity contribution in [1.82, 2.24) is 9.97 Å². The zero-order chi connectivity index (χ0) is 23.1. The van der Waals surface area contributed by atoms with Gasteiger partial charge in [-0.1, -0.05) is 76.1 Å². The summed E-state index contributed by atoms with van der Waals surface area (Å²) in [4.78, 5) is 8.44. The van der Waals surface area contributed by atoms with Gasteiger partial charge in [0.05, 0.1) is 19.1 Å². The van der Waals surface area contributed by atoms with Gasteiger partial charge in [0, 0.05) is 28.5 Å². The molecule has 168 valence electrons. The van der Waals surface area contributed by atoms with Gasteiger partial charge < -0.3 is 4.74 Å². The number of ether oxygens (including phenoxy) is 1. The highest BCUT2D eigenvalue weighted by atomic mass is 79.9. The van der Waals surface area contributed by atoms with Crippen LogP contribution < -0.4 is 5.19 Å². The van der Waals surface area contributed by atoms with Gasteiger partial charge in [-0.3, -0.25) is 0 Å². The van der Waals surface area contributed by atoms with Crippen molar-refractivity contribution in [2.45, 2.75) is 32.5 Å². The number of benzene rings is 2. The topological polar surface area (TPSA) is 35.0 Å². The fraction of sp³-hybridized carbons (Fsp3) is 0.280. The number of aromatic nitrogens is 2. The maximum Gasteiger partial charge on any atom is 0.129 e. The molecule has 0 aliphatic carbocycles. The van der Waals surface area contributed by atoms with E-state index in [1.54, 1.807) is 6.07 Å². The Balaban J connectivity index is 0.000000151. The summed E-state index contributed by atoms with van der Waals surface area (Å²) in [5.41, 5.74) is 1.90. The first kappa shape index (κ1) is 25.1. The highest BCUT2D eigenvalue weighted by molar-refractivity contribution is 9.10. The minimum absolute atomic E-state index is 0.532. The van der Waals surface area contributed by atoms with Gasteiger partial charge in [0.2, 0.25) is 0 Å². The lowest BCUT2D eigenvalue weighted by Crippen LogP contribution is -2.37. The number of pyridine rings is 2. The molecule has 1 aliphatic heterocycles. The molecule has 4 aromatic rings. The van der Waals surface area contributed by atoms with Crippen LogP contribution in [0.1, 0.15) is 12.8 Å². The van der Waals surface area contributed by atoms with E-state index in [0.29, 0.717) is 10.3 Å². The van der Waals surface area contributed by atoms with Gasteiger partial charge in [-0.15, -0.1) is 0 Å². The minimum Gasteiger partial charge on any atom is -0.381 e. The third-order valence-corrected chi connectivity index (χ3v) is 7.92. The van der Waals surface area contributed by atoms with Gasteiger partial charge in [0.25, 0.3) is 0 Å². The molecule has 0 unspecified atom stereocenters. The molecule has 1 saturated heterocycles. The Labute approximate surface area is 209 Å². The van der Waals surface area contributed by atoms with Gasteiger partial charge in [-0.05, 0) is 61.4 Å². The summed E-state index contributed by atoms with van der Waals surface area (Å²) in [6.07, 6.45) is 2.56. The number of halogens is 3. The lowest BCUT2D eigenvalue weighted by atomic mass is 10.2. The Morgan fingerprint density at radius 2 is 1.28 bits per heavy atom. The van der Waals surface area contributed by atoms with E-state index in [0.717, 1.165) is 34.1 Å². The zero-order valence-corrected chi connectivity index (χ0v) is 22.6. The van der Waals surface area contributed by atoms with Crippen LogP contribution in [0.4, 0.5) is 0 Å². The molecule has 0 atom stereocenters. The van der Waals surface area contributed by atoms with E-state index < -0.39 is 8.07 Å². The average Bonchev–Trinajstić information content (AvgIpc) is 3.33. The molecule has 1 aliphatic rings. The lowest BCUT2D eigenvalue weighted by molar-refractivity contribution is 0.198. The second kappa shape index (κ2) is 11.6. The summed E-state index contributed by atoms with van der Waals surface area (Å²) < 4.78 is 6.00. The monoisotopic (exact) mass is 548 g/mol. The molecule has 5 rings (SSSR count). The maximum atomic E-state index is 5.85. The fourth-order valence-corrected chi connectivity index (χ4v) is 5.01. The highest BCUT2D eigenvalue weighted by Crippen LogP contribution is 2.20. The average molecular weight is 550 g/mol. The highest BCUT2D eigenvalue weighted by Gasteiger charge is 2.16. The Kier molecular flexibility index (Phi) is 9.09. The summed E-state index contributed by atoms with van der Waals surface area (Å²) >= 11 is 15.0. The van der Waals surface area contributed by atoms with E-state index in [-0.39, 0.29) is 0 Å². The molecule has 2 aromatic heterocycles. The lowest BCUT2D eigenvalue weighted by Gasteiger charge is -2.16. The van der Waals surface area contributed by atoms with Gasteiger partial charge in [-0.2, -0.15) is 0 Å². The van der Waals surface area contributed by atoms with Crippen molar-refractivity contribution >= 4 is 74.2 Å². The standard InChI is InChI=1S/C12H14ClNSi.C9H5BrClN.C4H8O/c1-15(2,3)10-5-6-11-9(8-10)4-7-12(13)14-11;10-7-2-3-8-6(5-7)1-4-9(11)12-8;1-2-4-5-3-1/h4-8H,1-3H3;1-5H;1-4H2. The molecule has 0 spiro atoms. The van der Waals surface area contributed by atoms with E-state index in [9.17, 15) is 0 Å². The van der Waals surface area contributed by atoms with Crippen LogP contribution in [0.2, 0.25) is 29.9 Å². The first-order valence-electron chi connectivity index (χ1n) is 10.6. The van der Waals surface area contributed by atoms with Gasteiger partial charge >= 0.3 is 0 Å². The molecule has 7 heteroatoms. The van der Waals surface area contributed by atoms with Crippen molar-refractivity contribution in [2.24, 2.45) is 0 Å². The van der Waals surface area contributed by atoms with Crippen LogP contribution in [0.3, 0.4) is 0 Å². The molecule has 0 bridgehead atoms. The van der Waals surface area contributed by atoms with E-state index in [2.05, 4.69) is 63.7 Å². The summed E-state index contributed by atoms with van der Waals surface area (Å²) in [6, 6.07) is 20.0. The SMILES string of the molecule is C1CCOC1.C[Si](C)(C)c1ccc2nc(Cl)ccc2c1.Clc1ccc2cc(Br)ccc2n1. The van der Waals surface area contributed by atoms with Crippen molar-refractivity contribution in [3.8, 4) is 0 Å². The molecule has 32 heavy (non-hydrogen) atoms. The Morgan fingerprint density at radius 3 is 1.78 bits per heavy atom. The fourth-order valence-electron chi connectivity index (χ4n) is 3.15. The summed E-state index contributed by atoms with van der Waals surface area (Å²) in [5, 5.41) is 4.82. The molecular formula is C25H27BrCl2N2OSi. The molecule has 3 heterocycles. The quantitative estimate of drug-likeness (QED) is 0.179. The first-order valence-corrected chi connectivity index (χ1v) is 15.6. The number of rotatable bonds is 1. The number of nitrogens with zero attached hydrogens (tertiary/aromatic N) is 2. The summed E-state index contributed by atoms with van der Waals surface area (Å²) in [5.74, 6) is 0. The summed E-state index contributed by atoms with van der Waals surface area (Å²) in [6.45, 7) is 9.03. The van der Waals surface area contributed by atoms with E-state index in [1.807, 2.05) is 36.4 Å². The Morgan fingerprint density at radius 1 is 0.750 bits per heavy atom. The largest absolute Gasteiger partial charge is 0.381 e. The zero-order valence-electron chi connectivity index (χ0n) is 18.5. The Bertz CT molecular complexity index is 1140. The molecule has 2 aromatic carbocycles. The van der Waals surface area contributed by atoms with Crippen LogP contribution in [0.15, 0.2) is 65.1 Å². The van der Waals surface area contributed by atoms with Crippen molar-refractivity contribution in [3.63, 3.8) is 0 Å². The van der Waals surface area contributed by atoms with Crippen LogP contribution in [0.25, 0.3) is 21.8 Å². The number of hydrogen-bond acceptors (Lipinski definition) is 3. The molecular weight excluding hydrogens is 523 g/mol. The molecule has 0 saturated carbocycles. The van der Waals surface area contributed by atoms with Crippen LogP contribution in [0.5, 0.6) is 0 Å². The second-order valence-electron chi connectivity index (χ2n) is 8.58. The van der Waals surface area contributed by atoms with Crippen LogP contribution >= 0.6 is 39.1 Å². The van der Waals surface area contributed by atoms with Crippen molar-refractivity contribution < 1.29 is 4.74 Å². The second-order valence-corrected chi connectivity index (χ2v) is 15.3. The van der Waals surface area contributed by atoms with Gasteiger partial charge in [-0.25, -0.2) is 9.97 Å². The molecule has 3 nitrogen and oxygen atoms in total. The molecule has 0 radical (unpaired) electrons. The maximum absolute atomic E-state index is 5.85. The van der Waals surface area contributed by atoms with Crippen LogP contribution in [-0.2, 0) is 4.74 Å². The normalized spacial score (nSPS) is 13.3. The van der Waals surface area contributed by atoms with Crippen molar-refractivity contribution in [3.05, 3.63) is 75.4 Å². The predicted octanol–water partition coefficient (Wildman–Crippen LogP) is 7.88. The van der Waals surface area contributed by atoms with Crippen LogP contribution in [-0.4, -0.2) is 31.3 Å². The summed E-state index contributed by atoms with van der Waals surface area (Å²) in [7, 11) is -1.22. The smallest absolute Gasteiger partial charge is 0.129 e. The molecule has 0 N–H and O–H groups in total. The molecule has 1 fully saturated rings. The third-order valence-electron chi connectivity index (χ3n) is 4.97. The van der Waals surface area contributed by atoms with Gasteiger partial charge in [0.15, 0.2) is 0 Å². The van der Waals surface area contributed by atoms with Crippen molar-refractivity contribution in [2.75, 3.05) is 13.2 Å². The van der Waals surface area contributed by atoms with Gasteiger partial charge in [0.1, 0.15) is 10.3 Å². The minimum atomic E-state index is -1.22. The van der Waals surface area contributed by atoms with E-state index >= 15 is 0 Å². The number of hydrogen-bond donors (Lipinski definition) is 0. The number of fused-ring (bicyclic) bond motifs is 2. The first-order chi connectivity index (χ1) is 15.2. The van der Waals surface area contributed by atoms with Crippen LogP contribution in [0, 0.1) is 0 Å². The van der Waals surface area contributed by atoms with E-state index in [4.69, 9.17) is 27.9 Å². The molecule has 0 amide bonds. The Hall–Kier alpha value is -1.50. The van der Waals surface area contributed by atoms with E-state index in [1.165, 1.54) is 23.4 Å². The third kappa shape index (κ3) is 7.53. The predicted molar refractivity (Wildman–Crippen MR) is 144 cm³/mol. The van der Waals surface area contributed by atoms with Crippen molar-refractivity contribution in [1.29, 1.82) is 0 Å².